The number of aryl methyl sites for hydroxylation is 1. The monoisotopic (exact) mass is 351 g/mol. The molecule has 0 aromatic heterocycles. The minimum Gasteiger partial charge on any atom is -0.496 e. The standard InChI is InChI=1S/C17H19BrFNO/c1-4-20-17(13-7-5-6-11(2)16(13)19)14-10-12(18)8-9-15(14)21-3/h5-10,17,20H,4H2,1-3H3. The first-order valence-electron chi connectivity index (χ1n) is 6.90. The van der Waals surface area contributed by atoms with Crippen molar-refractivity contribution in [3.63, 3.8) is 0 Å². The number of hydrogen-bond acceptors (Lipinski definition) is 2. The van der Waals surface area contributed by atoms with Gasteiger partial charge >= 0.3 is 0 Å². The number of halogens is 2. The third kappa shape index (κ3) is 3.44. The molecule has 2 nitrogen and oxygen atoms in total. The van der Waals surface area contributed by atoms with Gasteiger partial charge in [0.2, 0.25) is 0 Å². The highest BCUT2D eigenvalue weighted by Crippen LogP contribution is 2.34. The SMILES string of the molecule is CCNC(c1cc(Br)ccc1OC)c1cccc(C)c1F. The summed E-state index contributed by atoms with van der Waals surface area (Å²) in [4.78, 5) is 0. The van der Waals surface area contributed by atoms with Gasteiger partial charge in [-0.2, -0.15) is 0 Å². The predicted octanol–water partition coefficient (Wildman–Crippen LogP) is 4.60. The average molecular weight is 352 g/mol. The zero-order valence-electron chi connectivity index (χ0n) is 12.4. The van der Waals surface area contributed by atoms with E-state index in [0.717, 1.165) is 22.3 Å². The van der Waals surface area contributed by atoms with Crippen LogP contribution in [0.2, 0.25) is 0 Å². The normalized spacial score (nSPS) is 12.2. The fraction of sp³-hybridized carbons (Fsp3) is 0.294. The first kappa shape index (κ1) is 16.0. The Kier molecular flexibility index (Phi) is 5.37. The lowest BCUT2D eigenvalue weighted by Crippen LogP contribution is -2.23. The van der Waals surface area contributed by atoms with Crippen molar-refractivity contribution in [2.75, 3.05) is 13.7 Å². The van der Waals surface area contributed by atoms with Gasteiger partial charge in [0, 0.05) is 15.6 Å². The van der Waals surface area contributed by atoms with Crippen LogP contribution in [0.5, 0.6) is 5.75 Å². The van der Waals surface area contributed by atoms with Crippen LogP contribution in [0.25, 0.3) is 0 Å². The Morgan fingerprint density at radius 1 is 1.24 bits per heavy atom. The summed E-state index contributed by atoms with van der Waals surface area (Å²) in [5.74, 6) is 0.565. The number of hydrogen-bond donors (Lipinski definition) is 1. The third-order valence-corrected chi connectivity index (χ3v) is 3.94. The van der Waals surface area contributed by atoms with Crippen molar-refractivity contribution >= 4 is 15.9 Å². The fourth-order valence-electron chi connectivity index (χ4n) is 2.42. The number of benzene rings is 2. The van der Waals surface area contributed by atoms with Gasteiger partial charge in [-0.3, -0.25) is 0 Å². The molecular formula is C17H19BrFNO. The van der Waals surface area contributed by atoms with Crippen LogP contribution in [-0.4, -0.2) is 13.7 Å². The topological polar surface area (TPSA) is 21.3 Å². The Morgan fingerprint density at radius 3 is 2.67 bits per heavy atom. The van der Waals surface area contributed by atoms with Gasteiger partial charge in [0.15, 0.2) is 0 Å². The zero-order valence-corrected chi connectivity index (χ0v) is 14.0. The van der Waals surface area contributed by atoms with Crippen molar-refractivity contribution in [3.8, 4) is 5.75 Å². The molecule has 1 atom stereocenters. The van der Waals surface area contributed by atoms with E-state index in [1.54, 1.807) is 20.1 Å². The predicted molar refractivity (Wildman–Crippen MR) is 87.4 cm³/mol. The second-order valence-electron chi connectivity index (χ2n) is 4.86. The molecule has 4 heteroatoms. The Hall–Kier alpha value is -1.39. The lowest BCUT2D eigenvalue weighted by Gasteiger charge is -2.22. The molecule has 0 fully saturated rings. The highest BCUT2D eigenvalue weighted by Gasteiger charge is 2.21. The van der Waals surface area contributed by atoms with Gasteiger partial charge in [-0.15, -0.1) is 0 Å². The third-order valence-electron chi connectivity index (χ3n) is 3.44. The van der Waals surface area contributed by atoms with Crippen LogP contribution < -0.4 is 10.1 Å². The minimum absolute atomic E-state index is 0.175. The summed E-state index contributed by atoms with van der Waals surface area (Å²) in [7, 11) is 1.63. The molecule has 0 amide bonds. The molecule has 0 aliphatic rings. The summed E-state index contributed by atoms with van der Waals surface area (Å²) < 4.78 is 20.9. The first-order valence-corrected chi connectivity index (χ1v) is 7.69. The van der Waals surface area contributed by atoms with E-state index in [0.29, 0.717) is 11.1 Å². The molecule has 2 rings (SSSR count). The zero-order chi connectivity index (χ0) is 15.4. The molecule has 0 spiro atoms. The number of methoxy groups -OCH3 is 1. The number of ether oxygens (including phenoxy) is 1. The van der Waals surface area contributed by atoms with Crippen LogP contribution >= 0.6 is 15.9 Å². The molecule has 0 bridgehead atoms. The Morgan fingerprint density at radius 2 is 2.00 bits per heavy atom. The summed E-state index contributed by atoms with van der Waals surface area (Å²) in [5.41, 5.74) is 2.19. The lowest BCUT2D eigenvalue weighted by atomic mass is 9.95. The van der Waals surface area contributed by atoms with Crippen LogP contribution in [0.3, 0.4) is 0 Å². The highest BCUT2D eigenvalue weighted by molar-refractivity contribution is 9.10. The molecule has 0 saturated carbocycles. The van der Waals surface area contributed by atoms with E-state index < -0.39 is 0 Å². The van der Waals surface area contributed by atoms with Crippen molar-refractivity contribution < 1.29 is 9.13 Å². The fourth-order valence-corrected chi connectivity index (χ4v) is 2.79. The van der Waals surface area contributed by atoms with Gasteiger partial charge in [-0.05, 0) is 37.2 Å². The molecule has 2 aromatic rings. The summed E-state index contributed by atoms with van der Waals surface area (Å²) in [6.45, 7) is 4.51. The van der Waals surface area contributed by atoms with E-state index in [2.05, 4.69) is 21.2 Å². The second-order valence-corrected chi connectivity index (χ2v) is 5.77. The van der Waals surface area contributed by atoms with Gasteiger partial charge in [-0.25, -0.2) is 4.39 Å². The highest BCUT2D eigenvalue weighted by atomic mass is 79.9. The van der Waals surface area contributed by atoms with E-state index in [-0.39, 0.29) is 11.9 Å². The molecule has 21 heavy (non-hydrogen) atoms. The maximum atomic E-state index is 14.5. The molecular weight excluding hydrogens is 333 g/mol. The lowest BCUT2D eigenvalue weighted by molar-refractivity contribution is 0.403. The molecule has 0 aliphatic heterocycles. The molecule has 0 saturated heterocycles. The maximum absolute atomic E-state index is 14.5. The van der Waals surface area contributed by atoms with Crippen molar-refractivity contribution in [1.29, 1.82) is 0 Å². The molecule has 1 unspecified atom stereocenters. The van der Waals surface area contributed by atoms with Gasteiger partial charge in [0.1, 0.15) is 11.6 Å². The van der Waals surface area contributed by atoms with Crippen molar-refractivity contribution in [1.82, 2.24) is 5.32 Å². The Bertz CT molecular complexity index is 630. The number of rotatable bonds is 5. The summed E-state index contributed by atoms with van der Waals surface area (Å²) in [6.07, 6.45) is 0. The van der Waals surface area contributed by atoms with Crippen LogP contribution in [-0.2, 0) is 0 Å². The quantitative estimate of drug-likeness (QED) is 0.849. The van der Waals surface area contributed by atoms with Crippen molar-refractivity contribution in [2.45, 2.75) is 19.9 Å². The molecule has 112 valence electrons. The molecule has 0 heterocycles. The van der Waals surface area contributed by atoms with Crippen LogP contribution in [0.15, 0.2) is 40.9 Å². The van der Waals surface area contributed by atoms with Gasteiger partial charge in [-0.1, -0.05) is 41.1 Å². The van der Waals surface area contributed by atoms with E-state index in [1.807, 2.05) is 37.3 Å². The van der Waals surface area contributed by atoms with Crippen molar-refractivity contribution in [2.24, 2.45) is 0 Å². The van der Waals surface area contributed by atoms with Crippen LogP contribution in [0, 0.1) is 12.7 Å². The van der Waals surface area contributed by atoms with E-state index in [1.165, 1.54) is 0 Å². The molecule has 2 aromatic carbocycles. The molecule has 0 aliphatic carbocycles. The Labute approximate surface area is 133 Å². The van der Waals surface area contributed by atoms with Crippen molar-refractivity contribution in [3.05, 3.63) is 63.4 Å². The molecule has 1 N–H and O–H groups in total. The van der Waals surface area contributed by atoms with Gasteiger partial charge in [0.25, 0.3) is 0 Å². The average Bonchev–Trinajstić information content (AvgIpc) is 2.48. The summed E-state index contributed by atoms with van der Waals surface area (Å²) >= 11 is 3.47. The smallest absolute Gasteiger partial charge is 0.131 e. The minimum atomic E-state index is -0.248. The summed E-state index contributed by atoms with van der Waals surface area (Å²) in [6, 6.07) is 11.0. The van der Waals surface area contributed by atoms with E-state index >= 15 is 0 Å². The van der Waals surface area contributed by atoms with Gasteiger partial charge < -0.3 is 10.1 Å². The van der Waals surface area contributed by atoms with Crippen LogP contribution in [0.1, 0.15) is 29.7 Å². The first-order chi connectivity index (χ1) is 10.1. The van der Waals surface area contributed by atoms with Gasteiger partial charge in [0.05, 0.1) is 13.2 Å². The van der Waals surface area contributed by atoms with E-state index in [9.17, 15) is 4.39 Å². The summed E-state index contributed by atoms with van der Waals surface area (Å²) in [5, 5.41) is 3.34. The van der Waals surface area contributed by atoms with Crippen LogP contribution in [0.4, 0.5) is 4.39 Å². The Balaban J connectivity index is 2.58. The van der Waals surface area contributed by atoms with E-state index in [4.69, 9.17) is 4.74 Å². The second kappa shape index (κ2) is 7.05. The maximum Gasteiger partial charge on any atom is 0.131 e. The molecule has 0 radical (unpaired) electrons. The largest absolute Gasteiger partial charge is 0.496 e. The number of nitrogens with one attached hydrogen (secondary N) is 1.